The van der Waals surface area contributed by atoms with Crippen molar-refractivity contribution in [3.05, 3.63) is 12.7 Å². The fourth-order valence-electron chi connectivity index (χ4n) is 1.86. The van der Waals surface area contributed by atoms with Crippen LogP contribution in [0.25, 0.3) is 0 Å². The Labute approximate surface area is 99.7 Å². The smallest absolute Gasteiger partial charge is 0.0715 e. The Morgan fingerprint density at radius 1 is 1.19 bits per heavy atom. The Morgan fingerprint density at radius 3 is 2.12 bits per heavy atom. The maximum Gasteiger partial charge on any atom is 0.0715 e. The summed E-state index contributed by atoms with van der Waals surface area (Å²) in [5, 5.41) is 10.0. The van der Waals surface area contributed by atoms with Gasteiger partial charge in [-0.05, 0) is 5.41 Å². The third-order valence-electron chi connectivity index (χ3n) is 3.28. The Kier molecular flexibility index (Phi) is 4.96. The number of rotatable bonds is 4. The van der Waals surface area contributed by atoms with Gasteiger partial charge in [0.25, 0.3) is 0 Å². The lowest BCUT2D eigenvalue weighted by Gasteiger charge is -2.37. The molecule has 0 aromatic carbocycles. The summed E-state index contributed by atoms with van der Waals surface area (Å²) in [6.45, 7) is 16.1. The molecule has 1 atom stereocenters. The minimum atomic E-state index is -0.238. The molecule has 0 spiro atoms. The molecule has 0 aromatic heterocycles. The molecule has 0 unspecified atom stereocenters. The van der Waals surface area contributed by atoms with Crippen LogP contribution in [0, 0.1) is 5.41 Å². The van der Waals surface area contributed by atoms with Crippen molar-refractivity contribution in [1.82, 2.24) is 9.80 Å². The quantitative estimate of drug-likeness (QED) is 0.730. The Balaban J connectivity index is 2.29. The van der Waals surface area contributed by atoms with Gasteiger partial charge in [-0.1, -0.05) is 26.8 Å². The molecule has 3 heteroatoms. The molecule has 1 aliphatic rings. The fourth-order valence-corrected chi connectivity index (χ4v) is 1.86. The largest absolute Gasteiger partial charge is 0.391 e. The highest BCUT2D eigenvalue weighted by molar-refractivity contribution is 4.82. The Hall–Kier alpha value is -0.380. The van der Waals surface area contributed by atoms with Gasteiger partial charge >= 0.3 is 0 Å². The van der Waals surface area contributed by atoms with Crippen LogP contribution in [0.3, 0.4) is 0 Å². The molecule has 1 aliphatic heterocycles. The van der Waals surface area contributed by atoms with Crippen molar-refractivity contribution in [2.24, 2.45) is 5.41 Å². The molecule has 3 nitrogen and oxygen atoms in total. The minimum absolute atomic E-state index is 0.0156. The van der Waals surface area contributed by atoms with Gasteiger partial charge in [-0.3, -0.25) is 9.80 Å². The summed E-state index contributed by atoms with van der Waals surface area (Å²) in [6.07, 6.45) is 1.72. The van der Waals surface area contributed by atoms with E-state index >= 15 is 0 Å². The Morgan fingerprint density at radius 2 is 1.69 bits per heavy atom. The molecule has 0 amide bonds. The molecular weight excluding hydrogens is 200 g/mol. The molecule has 1 fully saturated rings. The van der Waals surface area contributed by atoms with Crippen molar-refractivity contribution in [3.8, 4) is 0 Å². The van der Waals surface area contributed by atoms with Gasteiger partial charge in [0.2, 0.25) is 0 Å². The second kappa shape index (κ2) is 5.80. The number of piperazine rings is 1. The van der Waals surface area contributed by atoms with Crippen LogP contribution >= 0.6 is 0 Å². The number of nitrogens with zero attached hydrogens (tertiary/aromatic N) is 2. The van der Waals surface area contributed by atoms with E-state index in [1.807, 2.05) is 6.08 Å². The average molecular weight is 226 g/mol. The molecule has 0 bridgehead atoms. The first-order chi connectivity index (χ1) is 7.43. The van der Waals surface area contributed by atoms with Crippen molar-refractivity contribution >= 4 is 0 Å². The van der Waals surface area contributed by atoms with E-state index in [0.29, 0.717) is 0 Å². The average Bonchev–Trinajstić information content (AvgIpc) is 2.20. The number of aliphatic hydroxyl groups is 1. The maximum atomic E-state index is 10.0. The summed E-state index contributed by atoms with van der Waals surface area (Å²) >= 11 is 0. The lowest BCUT2D eigenvalue weighted by atomic mass is 9.89. The topological polar surface area (TPSA) is 26.7 Å². The summed E-state index contributed by atoms with van der Waals surface area (Å²) in [5.41, 5.74) is -0.0156. The van der Waals surface area contributed by atoms with Crippen molar-refractivity contribution in [2.75, 3.05) is 39.3 Å². The molecule has 0 radical (unpaired) electrons. The summed E-state index contributed by atoms with van der Waals surface area (Å²) < 4.78 is 0. The summed E-state index contributed by atoms with van der Waals surface area (Å²) in [6, 6.07) is 0. The van der Waals surface area contributed by atoms with Crippen molar-refractivity contribution < 1.29 is 5.11 Å². The van der Waals surface area contributed by atoms with Gasteiger partial charge in [-0.2, -0.15) is 0 Å². The van der Waals surface area contributed by atoms with Crippen molar-refractivity contribution in [3.63, 3.8) is 0 Å². The van der Waals surface area contributed by atoms with Crippen molar-refractivity contribution in [1.29, 1.82) is 0 Å². The zero-order chi connectivity index (χ0) is 12.2. The van der Waals surface area contributed by atoms with E-state index in [1.54, 1.807) is 0 Å². The van der Waals surface area contributed by atoms with Gasteiger partial charge in [-0.25, -0.2) is 0 Å². The lowest BCUT2D eigenvalue weighted by molar-refractivity contribution is 0.0147. The highest BCUT2D eigenvalue weighted by Gasteiger charge is 2.25. The van der Waals surface area contributed by atoms with E-state index in [0.717, 1.165) is 39.3 Å². The molecule has 1 saturated heterocycles. The molecule has 1 heterocycles. The van der Waals surface area contributed by atoms with Crippen LogP contribution < -0.4 is 0 Å². The highest BCUT2D eigenvalue weighted by Crippen LogP contribution is 2.20. The highest BCUT2D eigenvalue weighted by atomic mass is 16.3. The molecular formula is C13H26N2O. The summed E-state index contributed by atoms with van der Waals surface area (Å²) in [7, 11) is 0. The minimum Gasteiger partial charge on any atom is -0.391 e. The second-order valence-electron chi connectivity index (χ2n) is 5.77. The van der Waals surface area contributed by atoms with E-state index in [1.165, 1.54) is 0 Å². The normalized spacial score (nSPS) is 22.0. The van der Waals surface area contributed by atoms with Gasteiger partial charge in [0.1, 0.15) is 0 Å². The fraction of sp³-hybridized carbons (Fsp3) is 0.846. The van der Waals surface area contributed by atoms with E-state index < -0.39 is 0 Å². The third-order valence-corrected chi connectivity index (χ3v) is 3.28. The predicted molar refractivity (Wildman–Crippen MR) is 68.5 cm³/mol. The second-order valence-corrected chi connectivity index (χ2v) is 5.77. The van der Waals surface area contributed by atoms with Gasteiger partial charge in [0, 0.05) is 39.3 Å². The Bertz CT molecular complexity index is 214. The SMILES string of the molecule is C=CCN1CCN(C[C@H](O)C(C)(C)C)CC1. The summed E-state index contributed by atoms with van der Waals surface area (Å²) in [5.74, 6) is 0. The molecule has 0 aliphatic carbocycles. The van der Waals surface area contributed by atoms with Crippen LogP contribution in [0.2, 0.25) is 0 Å². The molecule has 1 rings (SSSR count). The molecule has 0 saturated carbocycles. The number of aliphatic hydroxyl groups excluding tert-OH is 1. The maximum absolute atomic E-state index is 10.0. The van der Waals surface area contributed by atoms with Crippen LogP contribution in [0.15, 0.2) is 12.7 Å². The van der Waals surface area contributed by atoms with Crippen molar-refractivity contribution in [2.45, 2.75) is 26.9 Å². The third kappa shape index (κ3) is 4.24. The standard InChI is InChI=1S/C13H26N2O/c1-5-6-14-7-9-15(10-8-14)11-12(16)13(2,3)4/h5,12,16H,1,6-11H2,2-4H3/t12-/m0/s1. The first kappa shape index (κ1) is 13.7. The van der Waals surface area contributed by atoms with E-state index in [2.05, 4.69) is 37.1 Å². The van der Waals surface area contributed by atoms with Gasteiger partial charge in [0.15, 0.2) is 0 Å². The van der Waals surface area contributed by atoms with E-state index in [-0.39, 0.29) is 11.5 Å². The molecule has 94 valence electrons. The van der Waals surface area contributed by atoms with Gasteiger partial charge in [-0.15, -0.1) is 6.58 Å². The molecule has 0 aromatic rings. The zero-order valence-corrected chi connectivity index (χ0v) is 10.9. The predicted octanol–water partition coefficient (Wildman–Crippen LogP) is 1.20. The van der Waals surface area contributed by atoms with E-state index in [9.17, 15) is 5.11 Å². The zero-order valence-electron chi connectivity index (χ0n) is 10.9. The monoisotopic (exact) mass is 226 g/mol. The van der Waals surface area contributed by atoms with Gasteiger partial charge in [0.05, 0.1) is 6.10 Å². The van der Waals surface area contributed by atoms with Crippen LogP contribution in [0.4, 0.5) is 0 Å². The first-order valence-corrected chi connectivity index (χ1v) is 6.17. The number of β-amino-alcohol motifs (C(OH)–C–C–N with tert-alkyl or cyclic N) is 1. The molecule has 16 heavy (non-hydrogen) atoms. The first-order valence-electron chi connectivity index (χ1n) is 6.17. The summed E-state index contributed by atoms with van der Waals surface area (Å²) in [4.78, 5) is 4.75. The number of hydrogen-bond donors (Lipinski definition) is 1. The molecule has 1 N–H and O–H groups in total. The lowest BCUT2D eigenvalue weighted by Crippen LogP contribution is -2.50. The van der Waals surface area contributed by atoms with Gasteiger partial charge < -0.3 is 5.11 Å². The number of hydrogen-bond acceptors (Lipinski definition) is 3. The van der Waals surface area contributed by atoms with Crippen LogP contribution in [0.5, 0.6) is 0 Å². The van der Waals surface area contributed by atoms with Crippen LogP contribution in [-0.4, -0.2) is 60.3 Å². The van der Waals surface area contributed by atoms with Crippen LogP contribution in [0.1, 0.15) is 20.8 Å². The van der Waals surface area contributed by atoms with E-state index in [4.69, 9.17) is 0 Å². The van der Waals surface area contributed by atoms with Crippen LogP contribution in [-0.2, 0) is 0 Å².